The number of oxime groups is 1. The molecule has 124 valence electrons. The van der Waals surface area contributed by atoms with Crippen molar-refractivity contribution in [2.24, 2.45) is 11.1 Å². The van der Waals surface area contributed by atoms with Crippen LogP contribution in [-0.4, -0.2) is 48.7 Å². The zero-order valence-electron chi connectivity index (χ0n) is 13.2. The van der Waals surface area contributed by atoms with Crippen LogP contribution in [0.5, 0.6) is 0 Å². The van der Waals surface area contributed by atoms with E-state index in [2.05, 4.69) is 5.16 Å². The number of Topliss-reactive ketones (excluding diaryl/α,β-unsaturated/α-hetero) is 2. The summed E-state index contributed by atoms with van der Waals surface area (Å²) in [5.74, 6) is -3.10. The lowest BCUT2D eigenvalue weighted by molar-refractivity contribution is -0.117. The van der Waals surface area contributed by atoms with Crippen molar-refractivity contribution in [3.63, 3.8) is 0 Å². The van der Waals surface area contributed by atoms with Crippen LogP contribution in [0.15, 0.2) is 29.4 Å². The number of ether oxygens (including phenoxy) is 1. The van der Waals surface area contributed by atoms with Gasteiger partial charge in [-0.2, -0.15) is 0 Å². The minimum absolute atomic E-state index is 0.00641. The Kier molecular flexibility index (Phi) is 7.08. The number of carboxylic acid groups (broad SMARTS) is 1. The van der Waals surface area contributed by atoms with E-state index in [1.807, 2.05) is 0 Å². The van der Waals surface area contributed by atoms with E-state index in [-0.39, 0.29) is 23.4 Å². The highest BCUT2D eigenvalue weighted by Crippen LogP contribution is 2.15. The summed E-state index contributed by atoms with van der Waals surface area (Å²) in [7, 11) is 1.31. The molecule has 0 saturated carbocycles. The number of benzene rings is 1. The molecule has 0 radical (unpaired) electrons. The van der Waals surface area contributed by atoms with Gasteiger partial charge in [-0.1, -0.05) is 17.3 Å². The second-order valence-corrected chi connectivity index (χ2v) is 4.69. The number of nitrogens with zero attached hydrogens (tertiary/aromatic N) is 1. The van der Waals surface area contributed by atoms with E-state index in [0.29, 0.717) is 6.61 Å². The minimum Gasteiger partial charge on any atom is -0.478 e. The van der Waals surface area contributed by atoms with Crippen molar-refractivity contribution in [3.05, 3.63) is 35.4 Å². The van der Waals surface area contributed by atoms with E-state index < -0.39 is 23.5 Å². The minimum atomic E-state index is -1.13. The summed E-state index contributed by atoms with van der Waals surface area (Å²) in [5, 5.41) is 12.6. The zero-order chi connectivity index (χ0) is 17.4. The molecule has 0 heterocycles. The number of rotatable bonds is 9. The van der Waals surface area contributed by atoms with Crippen LogP contribution >= 0.6 is 0 Å². The standard InChI is InChI=1S/C16H19NO6/c1-4-23-9-13(17-22-3)14(10(2)18)15(19)11-5-7-12(8-6-11)16(20)21/h5-8,14H,4,9H2,1-3H3,(H,20,21)/b17-13+. The first-order valence-electron chi connectivity index (χ1n) is 6.98. The first-order chi connectivity index (χ1) is 10.9. The SMILES string of the molecule is CCOC/C(=N\OC)C(C(C)=O)C(=O)c1ccc(C(=O)O)cc1. The van der Waals surface area contributed by atoms with Crippen LogP contribution in [0.25, 0.3) is 0 Å². The van der Waals surface area contributed by atoms with Crippen molar-refractivity contribution in [1.82, 2.24) is 0 Å². The van der Waals surface area contributed by atoms with Gasteiger partial charge < -0.3 is 14.7 Å². The average molecular weight is 321 g/mol. The smallest absolute Gasteiger partial charge is 0.335 e. The predicted octanol–water partition coefficient (Wildman–Crippen LogP) is 1.81. The van der Waals surface area contributed by atoms with Gasteiger partial charge in [-0.05, 0) is 26.0 Å². The fraction of sp³-hybridized carbons (Fsp3) is 0.375. The molecule has 0 aliphatic rings. The molecule has 0 fully saturated rings. The molecule has 0 bridgehead atoms. The number of carboxylic acids is 1. The van der Waals surface area contributed by atoms with Crippen molar-refractivity contribution >= 4 is 23.2 Å². The highest BCUT2D eigenvalue weighted by atomic mass is 16.6. The summed E-state index contributed by atoms with van der Waals surface area (Å²) in [5.41, 5.74) is 0.450. The first kappa shape index (κ1) is 18.5. The normalized spacial score (nSPS) is 12.6. The average Bonchev–Trinajstić information content (AvgIpc) is 2.52. The lowest BCUT2D eigenvalue weighted by atomic mass is 9.90. The third-order valence-electron chi connectivity index (χ3n) is 3.08. The molecule has 0 amide bonds. The van der Waals surface area contributed by atoms with E-state index in [1.54, 1.807) is 6.92 Å². The first-order valence-corrected chi connectivity index (χ1v) is 6.98. The molecule has 1 atom stereocenters. The van der Waals surface area contributed by atoms with Gasteiger partial charge in [-0.25, -0.2) is 4.79 Å². The molecule has 0 spiro atoms. The molecule has 23 heavy (non-hydrogen) atoms. The fourth-order valence-corrected chi connectivity index (χ4v) is 2.00. The third kappa shape index (κ3) is 5.00. The van der Waals surface area contributed by atoms with Crippen LogP contribution in [0, 0.1) is 5.92 Å². The molecule has 7 nitrogen and oxygen atoms in total. The fourth-order valence-electron chi connectivity index (χ4n) is 2.00. The Morgan fingerprint density at radius 1 is 1.17 bits per heavy atom. The van der Waals surface area contributed by atoms with Crippen molar-refractivity contribution in [2.45, 2.75) is 13.8 Å². The largest absolute Gasteiger partial charge is 0.478 e. The van der Waals surface area contributed by atoms with Crippen LogP contribution in [0.3, 0.4) is 0 Å². The van der Waals surface area contributed by atoms with Crippen molar-refractivity contribution in [3.8, 4) is 0 Å². The summed E-state index contributed by atoms with van der Waals surface area (Å²) in [4.78, 5) is 40.0. The van der Waals surface area contributed by atoms with Crippen LogP contribution < -0.4 is 0 Å². The summed E-state index contributed by atoms with van der Waals surface area (Å²) in [6.45, 7) is 3.45. The summed E-state index contributed by atoms with van der Waals surface area (Å²) in [6, 6.07) is 5.35. The Morgan fingerprint density at radius 2 is 1.74 bits per heavy atom. The summed E-state index contributed by atoms with van der Waals surface area (Å²) in [6.07, 6.45) is 0. The van der Waals surface area contributed by atoms with E-state index in [9.17, 15) is 14.4 Å². The molecule has 1 rings (SSSR count). The molecule has 0 aromatic heterocycles. The molecule has 1 unspecified atom stereocenters. The van der Waals surface area contributed by atoms with Gasteiger partial charge in [0.15, 0.2) is 5.78 Å². The highest BCUT2D eigenvalue weighted by molar-refractivity contribution is 6.25. The number of carbonyl (C=O) groups is 3. The van der Waals surface area contributed by atoms with Crippen molar-refractivity contribution in [1.29, 1.82) is 0 Å². The van der Waals surface area contributed by atoms with E-state index in [4.69, 9.17) is 14.7 Å². The van der Waals surface area contributed by atoms with E-state index in [0.717, 1.165) is 0 Å². The van der Waals surface area contributed by atoms with Crippen LogP contribution in [0.4, 0.5) is 0 Å². The predicted molar refractivity (Wildman–Crippen MR) is 82.8 cm³/mol. The quantitative estimate of drug-likeness (QED) is 0.322. The molecule has 1 aromatic rings. The van der Waals surface area contributed by atoms with E-state index in [1.165, 1.54) is 38.3 Å². The lowest BCUT2D eigenvalue weighted by Gasteiger charge is -2.15. The topological polar surface area (TPSA) is 102 Å². The molecule has 0 saturated heterocycles. The second-order valence-electron chi connectivity index (χ2n) is 4.69. The van der Waals surface area contributed by atoms with Crippen LogP contribution in [0.1, 0.15) is 34.6 Å². The van der Waals surface area contributed by atoms with Gasteiger partial charge in [0.2, 0.25) is 0 Å². The third-order valence-corrected chi connectivity index (χ3v) is 3.08. The molecule has 1 N–H and O–H groups in total. The molecule has 0 aliphatic carbocycles. The highest BCUT2D eigenvalue weighted by Gasteiger charge is 2.30. The maximum Gasteiger partial charge on any atom is 0.335 e. The van der Waals surface area contributed by atoms with Gasteiger partial charge in [-0.3, -0.25) is 9.59 Å². The Morgan fingerprint density at radius 3 is 2.17 bits per heavy atom. The Bertz CT molecular complexity index is 606. The monoisotopic (exact) mass is 321 g/mol. The molecular weight excluding hydrogens is 302 g/mol. The van der Waals surface area contributed by atoms with Crippen molar-refractivity contribution < 1.29 is 29.1 Å². The Balaban J connectivity index is 3.12. The molecule has 1 aromatic carbocycles. The maximum absolute atomic E-state index is 12.6. The number of aromatic carboxylic acids is 1. The van der Waals surface area contributed by atoms with E-state index >= 15 is 0 Å². The summed E-state index contributed by atoms with van der Waals surface area (Å²) < 4.78 is 5.22. The number of hydrogen-bond donors (Lipinski definition) is 1. The molecule has 0 aliphatic heterocycles. The second kappa shape index (κ2) is 8.79. The molecule has 7 heteroatoms. The lowest BCUT2D eigenvalue weighted by Crippen LogP contribution is -2.33. The Hall–Kier alpha value is -2.54. The molecular formula is C16H19NO6. The maximum atomic E-state index is 12.6. The van der Waals surface area contributed by atoms with Gasteiger partial charge in [0, 0.05) is 12.2 Å². The number of hydrogen-bond acceptors (Lipinski definition) is 6. The summed E-state index contributed by atoms with van der Waals surface area (Å²) >= 11 is 0. The van der Waals surface area contributed by atoms with Gasteiger partial charge in [0.05, 0.1) is 12.2 Å². The Labute approximate surface area is 133 Å². The van der Waals surface area contributed by atoms with Gasteiger partial charge in [0.1, 0.15) is 24.5 Å². The number of ketones is 2. The van der Waals surface area contributed by atoms with Crippen LogP contribution in [0.2, 0.25) is 0 Å². The van der Waals surface area contributed by atoms with Crippen LogP contribution in [-0.2, 0) is 14.4 Å². The number of carbonyl (C=O) groups excluding carboxylic acids is 2. The van der Waals surface area contributed by atoms with Gasteiger partial charge in [-0.15, -0.1) is 0 Å². The van der Waals surface area contributed by atoms with Gasteiger partial charge in [0.25, 0.3) is 0 Å². The van der Waals surface area contributed by atoms with Crippen molar-refractivity contribution in [2.75, 3.05) is 20.3 Å². The zero-order valence-corrected chi connectivity index (χ0v) is 13.2. The van der Waals surface area contributed by atoms with Gasteiger partial charge >= 0.3 is 5.97 Å².